The Morgan fingerprint density at radius 1 is 1.28 bits per heavy atom. The maximum atomic E-state index is 14.4. The van der Waals surface area contributed by atoms with Gasteiger partial charge in [-0.3, -0.25) is 9.48 Å². The molecule has 180 valence electrons. The average Bonchev–Trinajstić information content (AvgIpc) is 3.16. The number of halogens is 1. The van der Waals surface area contributed by atoms with Crippen LogP contribution in [0.1, 0.15) is 37.1 Å². The van der Waals surface area contributed by atoms with Gasteiger partial charge in [-0.25, -0.2) is 13.9 Å². The minimum atomic E-state index is -0.414. The molecule has 0 radical (unpaired) electrons. The van der Waals surface area contributed by atoms with Crippen molar-refractivity contribution >= 4 is 23.2 Å². The second-order valence-electron chi connectivity index (χ2n) is 9.89. The van der Waals surface area contributed by atoms with Crippen LogP contribution in [0.4, 0.5) is 4.39 Å². The van der Waals surface area contributed by atoms with Gasteiger partial charge in [-0.05, 0) is 43.9 Å². The summed E-state index contributed by atoms with van der Waals surface area (Å²) >= 11 is 1.18. The molecule has 8 rings (SSSR count). The second kappa shape index (κ2) is 7.64. The number of aromatic nitrogens is 5. The van der Waals surface area contributed by atoms with Crippen LogP contribution >= 0.6 is 11.8 Å². The SMILES string of the molecule is CC(=O)N1C2C3C[C@@H]1C[C@H](n1ncc(-c4cc(Sc5ncccc5F)c5c(C#N)cnn5c4)c1C)C32. The number of carbonyl (C=O) groups is 1. The number of nitrogens with zero attached hydrogens (tertiary/aromatic N) is 7. The van der Waals surface area contributed by atoms with E-state index in [1.165, 1.54) is 24.0 Å². The molecule has 4 aliphatic rings. The van der Waals surface area contributed by atoms with Gasteiger partial charge in [-0.15, -0.1) is 0 Å². The van der Waals surface area contributed by atoms with E-state index >= 15 is 0 Å². The molecule has 4 bridgehead atoms. The van der Waals surface area contributed by atoms with Gasteiger partial charge in [0.25, 0.3) is 0 Å². The molecule has 6 heterocycles. The van der Waals surface area contributed by atoms with Crippen LogP contribution in [-0.2, 0) is 4.79 Å². The lowest BCUT2D eigenvalue weighted by Crippen LogP contribution is -2.45. The summed E-state index contributed by atoms with van der Waals surface area (Å²) < 4.78 is 18.2. The van der Waals surface area contributed by atoms with E-state index in [0.717, 1.165) is 29.7 Å². The highest BCUT2D eigenvalue weighted by atomic mass is 32.2. The van der Waals surface area contributed by atoms with E-state index in [4.69, 9.17) is 5.10 Å². The number of pyridine rings is 2. The van der Waals surface area contributed by atoms with Crippen LogP contribution in [0.15, 0.2) is 52.9 Å². The Kier molecular flexibility index (Phi) is 4.58. The molecule has 36 heavy (non-hydrogen) atoms. The summed E-state index contributed by atoms with van der Waals surface area (Å²) in [4.78, 5) is 19.1. The summed E-state index contributed by atoms with van der Waals surface area (Å²) in [5.41, 5.74) is 3.95. The van der Waals surface area contributed by atoms with Gasteiger partial charge < -0.3 is 4.90 Å². The van der Waals surface area contributed by atoms with Crippen molar-refractivity contribution in [3.8, 4) is 17.2 Å². The zero-order chi connectivity index (χ0) is 24.7. The fourth-order valence-corrected chi connectivity index (χ4v) is 7.59. The summed E-state index contributed by atoms with van der Waals surface area (Å²) in [6, 6.07) is 8.03. The third-order valence-corrected chi connectivity index (χ3v) is 9.09. The fraction of sp³-hybridized carbons (Fsp3) is 0.346. The van der Waals surface area contributed by atoms with Gasteiger partial charge in [0.05, 0.1) is 29.5 Å². The van der Waals surface area contributed by atoms with E-state index in [1.54, 1.807) is 23.7 Å². The van der Waals surface area contributed by atoms with Crippen LogP contribution < -0.4 is 0 Å². The number of piperidine rings is 2. The summed E-state index contributed by atoms with van der Waals surface area (Å²) in [6.07, 6.45) is 8.88. The predicted molar refractivity (Wildman–Crippen MR) is 130 cm³/mol. The zero-order valence-electron chi connectivity index (χ0n) is 19.7. The molecule has 10 heteroatoms. The number of carbonyl (C=O) groups excluding carboxylic acids is 1. The van der Waals surface area contributed by atoms with E-state index in [1.807, 2.05) is 18.5 Å². The maximum absolute atomic E-state index is 14.4. The minimum absolute atomic E-state index is 0.185. The molecule has 2 saturated heterocycles. The molecule has 4 aromatic rings. The van der Waals surface area contributed by atoms with Gasteiger partial charge in [0.15, 0.2) is 5.82 Å². The highest BCUT2D eigenvalue weighted by molar-refractivity contribution is 7.99. The third-order valence-electron chi connectivity index (χ3n) is 8.07. The first kappa shape index (κ1) is 21.6. The first-order chi connectivity index (χ1) is 17.5. The lowest BCUT2D eigenvalue weighted by Gasteiger charge is -2.38. The highest BCUT2D eigenvalue weighted by Crippen LogP contribution is 2.64. The Bertz CT molecular complexity index is 1600. The van der Waals surface area contributed by atoms with Crippen molar-refractivity contribution in [3.05, 3.63) is 60.1 Å². The second-order valence-corrected chi connectivity index (χ2v) is 10.9. The molecular formula is C26H22FN7OS. The van der Waals surface area contributed by atoms with Crippen molar-refractivity contribution in [3.63, 3.8) is 0 Å². The van der Waals surface area contributed by atoms with Crippen LogP contribution in [-0.4, -0.2) is 47.3 Å². The number of fused-ring (bicyclic) bond motifs is 2. The molecule has 4 fully saturated rings. The van der Waals surface area contributed by atoms with Gasteiger partial charge in [0.2, 0.25) is 5.91 Å². The molecule has 0 spiro atoms. The lowest BCUT2D eigenvalue weighted by atomic mass is 9.89. The maximum Gasteiger partial charge on any atom is 0.219 e. The first-order valence-electron chi connectivity index (χ1n) is 12.0. The Morgan fingerprint density at radius 2 is 2.14 bits per heavy atom. The van der Waals surface area contributed by atoms with Crippen LogP contribution in [0, 0.1) is 35.9 Å². The number of hydrogen-bond donors (Lipinski definition) is 0. The zero-order valence-corrected chi connectivity index (χ0v) is 20.5. The molecule has 0 N–H and O–H groups in total. The number of hydrogen-bond acceptors (Lipinski definition) is 6. The molecular weight excluding hydrogens is 477 g/mol. The number of amides is 1. The normalized spacial score (nSPS) is 25.8. The Balaban J connectivity index is 1.28. The van der Waals surface area contributed by atoms with Crippen molar-refractivity contribution in [2.24, 2.45) is 11.8 Å². The Hall–Kier alpha value is -3.71. The van der Waals surface area contributed by atoms with Crippen molar-refractivity contribution in [1.29, 1.82) is 5.26 Å². The summed E-state index contributed by atoms with van der Waals surface area (Å²) in [5.74, 6) is 0.827. The number of rotatable bonds is 4. The smallest absolute Gasteiger partial charge is 0.219 e. The molecule has 5 atom stereocenters. The van der Waals surface area contributed by atoms with Gasteiger partial charge in [0, 0.05) is 59.0 Å². The largest absolute Gasteiger partial charge is 0.336 e. The standard InChI is InChI=1S/C26H22FN7OS/c1-13-19(11-31-34(13)21-8-17-7-18-23(21)25(18)33(17)14(2)35)15-6-22(36-26-20(27)4-3-5-29-26)24-16(9-28)10-30-32(24)12-15/h3-6,10-12,17-18,21,23,25H,7-8H2,1-2H3/t17-,18?,21+,23?,25?/m1/s1. The predicted octanol–water partition coefficient (Wildman–Crippen LogP) is 4.24. The molecule has 8 nitrogen and oxygen atoms in total. The Labute approximate surface area is 210 Å². The van der Waals surface area contributed by atoms with E-state index < -0.39 is 5.82 Å². The van der Waals surface area contributed by atoms with Gasteiger partial charge >= 0.3 is 0 Å². The van der Waals surface area contributed by atoms with Crippen molar-refractivity contribution < 1.29 is 9.18 Å². The highest BCUT2D eigenvalue weighted by Gasteiger charge is 2.68. The summed E-state index contributed by atoms with van der Waals surface area (Å²) in [6.45, 7) is 3.75. The molecule has 2 aliphatic heterocycles. The molecule has 0 aromatic carbocycles. The first-order valence-corrected chi connectivity index (χ1v) is 12.8. The summed E-state index contributed by atoms with van der Waals surface area (Å²) in [5, 5.41) is 19.0. The van der Waals surface area contributed by atoms with E-state index in [-0.39, 0.29) is 17.0 Å². The van der Waals surface area contributed by atoms with Crippen molar-refractivity contribution in [2.75, 3.05) is 0 Å². The fourth-order valence-electron chi connectivity index (χ4n) is 6.61. The molecule has 2 saturated carbocycles. The number of nitriles is 1. The van der Waals surface area contributed by atoms with E-state index in [9.17, 15) is 14.4 Å². The Morgan fingerprint density at radius 3 is 2.89 bits per heavy atom. The van der Waals surface area contributed by atoms with Gasteiger partial charge in [-0.2, -0.15) is 15.5 Å². The van der Waals surface area contributed by atoms with Crippen LogP contribution in [0.25, 0.3) is 16.6 Å². The topological polar surface area (TPSA) is 92.1 Å². The van der Waals surface area contributed by atoms with Crippen molar-refractivity contribution in [1.82, 2.24) is 29.3 Å². The van der Waals surface area contributed by atoms with Gasteiger partial charge in [-0.1, -0.05) is 11.8 Å². The van der Waals surface area contributed by atoms with E-state index in [0.29, 0.717) is 39.9 Å². The molecule has 3 unspecified atom stereocenters. The quantitative estimate of drug-likeness (QED) is 0.417. The van der Waals surface area contributed by atoms with Crippen molar-refractivity contribution in [2.45, 2.75) is 54.7 Å². The third kappa shape index (κ3) is 2.99. The molecule has 1 amide bonds. The minimum Gasteiger partial charge on any atom is -0.336 e. The van der Waals surface area contributed by atoms with Crippen LogP contribution in [0.2, 0.25) is 0 Å². The van der Waals surface area contributed by atoms with E-state index in [2.05, 4.69) is 32.7 Å². The lowest BCUT2D eigenvalue weighted by molar-refractivity contribution is -0.132. The average molecular weight is 500 g/mol. The van der Waals surface area contributed by atoms with Gasteiger partial charge in [0.1, 0.15) is 11.1 Å². The monoisotopic (exact) mass is 499 g/mol. The molecule has 4 aromatic heterocycles. The van der Waals surface area contributed by atoms with Crippen LogP contribution in [0.5, 0.6) is 0 Å². The molecule has 2 aliphatic carbocycles. The summed E-state index contributed by atoms with van der Waals surface area (Å²) in [7, 11) is 0. The van der Waals surface area contributed by atoms with Crippen LogP contribution in [0.3, 0.4) is 0 Å².